The van der Waals surface area contributed by atoms with Crippen molar-refractivity contribution in [2.24, 2.45) is 0 Å². The first kappa shape index (κ1) is 11.8. The lowest BCUT2D eigenvalue weighted by atomic mass is 10.1. The van der Waals surface area contributed by atoms with Gasteiger partial charge in [0.25, 0.3) is 0 Å². The second-order valence-corrected chi connectivity index (χ2v) is 5.83. The van der Waals surface area contributed by atoms with Crippen LogP contribution in [0.4, 0.5) is 0 Å². The number of aromatic nitrogens is 4. The molecule has 0 radical (unpaired) electrons. The van der Waals surface area contributed by atoms with Crippen LogP contribution in [-0.4, -0.2) is 19.7 Å². The van der Waals surface area contributed by atoms with Crippen molar-refractivity contribution >= 4 is 15.9 Å². The molecule has 0 unspecified atom stereocenters. The van der Waals surface area contributed by atoms with Crippen molar-refractivity contribution in [3.8, 4) is 5.82 Å². The van der Waals surface area contributed by atoms with Gasteiger partial charge in [0.1, 0.15) is 10.4 Å². The van der Waals surface area contributed by atoms with Crippen molar-refractivity contribution in [1.82, 2.24) is 19.7 Å². The van der Waals surface area contributed by atoms with Gasteiger partial charge in [-0.25, -0.2) is 14.6 Å². The van der Waals surface area contributed by atoms with E-state index in [9.17, 15) is 0 Å². The van der Waals surface area contributed by atoms with E-state index in [1.165, 1.54) is 12.8 Å². The molecule has 0 aliphatic heterocycles. The molecule has 0 N–H and O–H groups in total. The number of rotatable bonds is 3. The van der Waals surface area contributed by atoms with Crippen LogP contribution in [0.15, 0.2) is 22.9 Å². The van der Waals surface area contributed by atoms with Crippen molar-refractivity contribution in [2.45, 2.75) is 38.5 Å². The highest BCUT2D eigenvalue weighted by molar-refractivity contribution is 9.10. The molecule has 4 nitrogen and oxygen atoms in total. The predicted octanol–water partition coefficient (Wildman–Crippen LogP) is 3.43. The van der Waals surface area contributed by atoms with E-state index >= 15 is 0 Å². The zero-order valence-electron chi connectivity index (χ0n) is 10.5. The monoisotopic (exact) mass is 306 g/mol. The molecule has 0 amide bonds. The van der Waals surface area contributed by atoms with Gasteiger partial charge < -0.3 is 0 Å². The third-order valence-electron chi connectivity index (χ3n) is 3.08. The number of hydrogen-bond acceptors (Lipinski definition) is 3. The molecule has 3 rings (SSSR count). The second kappa shape index (κ2) is 4.46. The lowest BCUT2D eigenvalue weighted by Crippen LogP contribution is -2.04. The molecule has 5 heteroatoms. The van der Waals surface area contributed by atoms with Gasteiger partial charge in [0.05, 0.1) is 5.69 Å². The molecule has 1 fully saturated rings. The molecule has 0 saturated heterocycles. The summed E-state index contributed by atoms with van der Waals surface area (Å²) >= 11 is 3.45. The van der Waals surface area contributed by atoms with Gasteiger partial charge >= 0.3 is 0 Å². The zero-order chi connectivity index (χ0) is 12.7. The highest BCUT2D eigenvalue weighted by Crippen LogP contribution is 2.38. The van der Waals surface area contributed by atoms with E-state index in [4.69, 9.17) is 0 Å². The molecule has 0 spiro atoms. The maximum atomic E-state index is 4.60. The fourth-order valence-electron chi connectivity index (χ4n) is 1.84. The summed E-state index contributed by atoms with van der Waals surface area (Å²) in [6.45, 7) is 4.27. The van der Waals surface area contributed by atoms with Gasteiger partial charge in [0.2, 0.25) is 0 Å². The van der Waals surface area contributed by atoms with Gasteiger partial charge in [-0.2, -0.15) is 5.10 Å². The average molecular weight is 307 g/mol. The average Bonchev–Trinajstić information content (AvgIpc) is 3.05. The Kier molecular flexibility index (Phi) is 2.93. The molecular formula is C13H15BrN4. The Morgan fingerprint density at radius 1 is 1.33 bits per heavy atom. The quantitative estimate of drug-likeness (QED) is 0.816. The molecule has 1 aliphatic rings. The molecule has 0 bridgehead atoms. The van der Waals surface area contributed by atoms with Crippen LogP contribution in [0.3, 0.4) is 0 Å². The highest BCUT2D eigenvalue weighted by atomic mass is 79.9. The zero-order valence-corrected chi connectivity index (χ0v) is 12.1. The van der Waals surface area contributed by atoms with Crippen molar-refractivity contribution in [2.75, 3.05) is 0 Å². The summed E-state index contributed by atoms with van der Waals surface area (Å²) < 4.78 is 2.66. The SMILES string of the molecule is CC(C)c1ccn(-c2cc(Br)nc(C3CC3)n2)n1. The minimum atomic E-state index is 0.430. The molecule has 0 atom stereocenters. The molecule has 2 aromatic heterocycles. The van der Waals surface area contributed by atoms with Crippen LogP contribution in [0.25, 0.3) is 5.82 Å². The van der Waals surface area contributed by atoms with Crippen LogP contribution in [0, 0.1) is 0 Å². The summed E-state index contributed by atoms with van der Waals surface area (Å²) in [7, 11) is 0. The Bertz CT molecular complexity index is 572. The molecule has 18 heavy (non-hydrogen) atoms. The van der Waals surface area contributed by atoms with Crippen LogP contribution < -0.4 is 0 Å². The Morgan fingerprint density at radius 2 is 2.11 bits per heavy atom. The Morgan fingerprint density at radius 3 is 2.72 bits per heavy atom. The Labute approximate surface area is 115 Å². The van der Waals surface area contributed by atoms with E-state index in [0.29, 0.717) is 11.8 Å². The first-order valence-corrected chi connectivity index (χ1v) is 7.03. The van der Waals surface area contributed by atoms with E-state index in [0.717, 1.165) is 21.9 Å². The molecule has 1 aliphatic carbocycles. The van der Waals surface area contributed by atoms with Gasteiger partial charge in [-0.05, 0) is 40.8 Å². The van der Waals surface area contributed by atoms with Crippen LogP contribution >= 0.6 is 15.9 Å². The van der Waals surface area contributed by atoms with E-state index in [2.05, 4.69) is 44.8 Å². The standard InChI is InChI=1S/C13H15BrN4/c1-8(2)10-5-6-18(17-10)12-7-11(14)15-13(16-12)9-3-4-9/h5-9H,3-4H2,1-2H3. The summed E-state index contributed by atoms with van der Waals surface area (Å²) in [6, 6.07) is 3.94. The van der Waals surface area contributed by atoms with E-state index in [1.54, 1.807) is 0 Å². The lowest BCUT2D eigenvalue weighted by molar-refractivity contribution is 0.746. The van der Waals surface area contributed by atoms with E-state index < -0.39 is 0 Å². The lowest BCUT2D eigenvalue weighted by Gasteiger charge is -2.04. The van der Waals surface area contributed by atoms with Crippen molar-refractivity contribution < 1.29 is 0 Å². The minimum Gasteiger partial charge on any atom is -0.226 e. The van der Waals surface area contributed by atoms with E-state index in [-0.39, 0.29) is 0 Å². The smallest absolute Gasteiger partial charge is 0.158 e. The highest BCUT2D eigenvalue weighted by Gasteiger charge is 2.27. The van der Waals surface area contributed by atoms with Gasteiger partial charge in [-0.3, -0.25) is 0 Å². The van der Waals surface area contributed by atoms with Crippen molar-refractivity contribution in [3.05, 3.63) is 34.5 Å². The molecule has 2 aromatic rings. The number of nitrogens with zero attached hydrogens (tertiary/aromatic N) is 4. The summed E-state index contributed by atoms with van der Waals surface area (Å²) in [5.74, 6) is 2.74. The normalized spacial score (nSPS) is 15.3. The third-order valence-corrected chi connectivity index (χ3v) is 3.48. The number of hydrogen-bond donors (Lipinski definition) is 0. The van der Waals surface area contributed by atoms with Crippen LogP contribution in [-0.2, 0) is 0 Å². The van der Waals surface area contributed by atoms with Crippen molar-refractivity contribution in [3.63, 3.8) is 0 Å². The maximum Gasteiger partial charge on any atom is 0.158 e. The summed E-state index contributed by atoms with van der Waals surface area (Å²) in [5, 5.41) is 4.55. The summed E-state index contributed by atoms with van der Waals surface area (Å²) in [4.78, 5) is 9.03. The second-order valence-electron chi connectivity index (χ2n) is 5.02. The van der Waals surface area contributed by atoms with Crippen molar-refractivity contribution in [1.29, 1.82) is 0 Å². The largest absolute Gasteiger partial charge is 0.226 e. The molecule has 94 valence electrons. The topological polar surface area (TPSA) is 43.6 Å². The molecule has 2 heterocycles. The maximum absolute atomic E-state index is 4.60. The van der Waals surface area contributed by atoms with Crippen LogP contribution in [0.5, 0.6) is 0 Å². The van der Waals surface area contributed by atoms with Gasteiger partial charge in [0.15, 0.2) is 5.82 Å². The number of halogens is 1. The summed E-state index contributed by atoms with van der Waals surface area (Å²) in [5.41, 5.74) is 1.08. The third kappa shape index (κ3) is 2.32. The molecule has 0 aromatic carbocycles. The van der Waals surface area contributed by atoms with Crippen LogP contribution in [0.2, 0.25) is 0 Å². The molecule has 1 saturated carbocycles. The first-order valence-electron chi connectivity index (χ1n) is 6.24. The molecular weight excluding hydrogens is 292 g/mol. The van der Waals surface area contributed by atoms with Gasteiger partial charge in [0, 0.05) is 18.2 Å². The Hall–Kier alpha value is -1.23. The van der Waals surface area contributed by atoms with Crippen LogP contribution in [0.1, 0.15) is 50.0 Å². The fourth-order valence-corrected chi connectivity index (χ4v) is 2.22. The Balaban J connectivity index is 1.99. The van der Waals surface area contributed by atoms with Gasteiger partial charge in [-0.1, -0.05) is 13.8 Å². The van der Waals surface area contributed by atoms with Gasteiger partial charge in [-0.15, -0.1) is 0 Å². The van der Waals surface area contributed by atoms with E-state index in [1.807, 2.05) is 23.0 Å². The summed E-state index contributed by atoms with van der Waals surface area (Å²) in [6.07, 6.45) is 4.36. The minimum absolute atomic E-state index is 0.430. The first-order chi connectivity index (χ1) is 8.63. The fraction of sp³-hybridized carbons (Fsp3) is 0.462. The predicted molar refractivity (Wildman–Crippen MR) is 72.9 cm³/mol.